The molecule has 10 heteroatoms. The lowest BCUT2D eigenvalue weighted by Gasteiger charge is -2.31. The summed E-state index contributed by atoms with van der Waals surface area (Å²) in [6.07, 6.45) is 1.98. The predicted molar refractivity (Wildman–Crippen MR) is 135 cm³/mol. The third-order valence-corrected chi connectivity index (χ3v) is 11.3. The van der Waals surface area contributed by atoms with Crippen LogP contribution in [-0.2, 0) is 26.6 Å². The van der Waals surface area contributed by atoms with E-state index in [0.29, 0.717) is 39.6 Å². The van der Waals surface area contributed by atoms with Gasteiger partial charge in [0.15, 0.2) is 0 Å². The van der Waals surface area contributed by atoms with Crippen LogP contribution in [0, 0.1) is 0 Å². The summed E-state index contributed by atoms with van der Waals surface area (Å²) < 4.78 is 36.1. The minimum Gasteiger partial charge on any atom is -0.374 e. The maximum atomic E-state index is 6.02. The monoisotopic (exact) mass is 496 g/mol. The van der Waals surface area contributed by atoms with E-state index in [0.717, 1.165) is 51.1 Å². The van der Waals surface area contributed by atoms with Gasteiger partial charge in [-0.1, -0.05) is 0 Å². The van der Waals surface area contributed by atoms with Gasteiger partial charge in [-0.25, -0.2) is 0 Å². The van der Waals surface area contributed by atoms with Gasteiger partial charge in [-0.2, -0.15) is 0 Å². The van der Waals surface area contributed by atoms with Gasteiger partial charge in [0, 0.05) is 64.8 Å². The highest BCUT2D eigenvalue weighted by molar-refractivity contribution is 6.61. The number of nitrogens with zero attached hydrogens (tertiary/aromatic N) is 2. The first-order valence-electron chi connectivity index (χ1n) is 12.6. The Morgan fingerprint density at radius 3 is 1.03 bits per heavy atom. The van der Waals surface area contributed by atoms with Crippen molar-refractivity contribution in [3.05, 3.63) is 0 Å². The highest BCUT2D eigenvalue weighted by Crippen LogP contribution is 2.20. The van der Waals surface area contributed by atoms with E-state index >= 15 is 0 Å². The molecule has 0 unspecified atom stereocenters. The predicted octanol–water partition coefficient (Wildman–Crippen LogP) is 3.73. The van der Waals surface area contributed by atoms with E-state index in [2.05, 4.69) is 23.9 Å². The van der Waals surface area contributed by atoms with Crippen molar-refractivity contribution >= 4 is 17.6 Å². The van der Waals surface area contributed by atoms with Crippen molar-refractivity contribution in [2.45, 2.75) is 66.5 Å². The van der Waals surface area contributed by atoms with Gasteiger partial charge < -0.3 is 36.4 Å². The third-order valence-electron chi connectivity index (χ3n) is 4.96. The van der Waals surface area contributed by atoms with Crippen LogP contribution in [0.2, 0.25) is 12.1 Å². The molecule has 0 amide bonds. The van der Waals surface area contributed by atoms with Gasteiger partial charge in [0.25, 0.3) is 0 Å². The molecule has 0 bridgehead atoms. The van der Waals surface area contributed by atoms with Crippen LogP contribution in [0.1, 0.15) is 54.4 Å². The molecule has 0 spiro atoms. The molecule has 0 atom stereocenters. The lowest BCUT2D eigenvalue weighted by molar-refractivity contribution is 0.0691. The topological polar surface area (TPSA) is 61.9 Å². The molecule has 8 nitrogen and oxygen atoms in total. The van der Waals surface area contributed by atoms with Crippen molar-refractivity contribution in [2.75, 3.05) is 79.9 Å². The van der Waals surface area contributed by atoms with E-state index < -0.39 is 17.6 Å². The number of hydrogen-bond acceptors (Lipinski definition) is 8. The normalized spacial score (nSPS) is 12.9. The van der Waals surface area contributed by atoms with E-state index in [1.165, 1.54) is 0 Å². The third kappa shape index (κ3) is 13.7. The molecule has 0 aromatic rings. The summed E-state index contributed by atoms with van der Waals surface area (Å²) in [6.45, 7) is 19.8. The largest absolute Gasteiger partial charge is 0.500 e. The Morgan fingerprint density at radius 1 is 0.469 bits per heavy atom. The molecule has 0 aromatic carbocycles. The smallest absolute Gasteiger partial charge is 0.374 e. The van der Waals surface area contributed by atoms with E-state index in [1.54, 1.807) is 0 Å². The first-order chi connectivity index (χ1) is 15.4. The molecular formula is C22H52N2O6Si2. The average Bonchev–Trinajstić information content (AvgIpc) is 2.73. The highest BCUT2D eigenvalue weighted by Gasteiger charge is 2.41. The molecule has 0 heterocycles. The summed E-state index contributed by atoms with van der Waals surface area (Å²) in [4.78, 5) is 4.75. The zero-order valence-electron chi connectivity index (χ0n) is 22.2. The molecule has 32 heavy (non-hydrogen) atoms. The summed E-state index contributed by atoms with van der Waals surface area (Å²) in [5, 5.41) is 0. The Morgan fingerprint density at radius 2 is 0.781 bits per heavy atom. The van der Waals surface area contributed by atoms with Crippen LogP contribution in [-0.4, -0.2) is 107 Å². The molecular weight excluding hydrogens is 444 g/mol. The lowest BCUT2D eigenvalue weighted by Crippen LogP contribution is -2.47. The quantitative estimate of drug-likeness (QED) is 0.198. The summed E-state index contributed by atoms with van der Waals surface area (Å²) >= 11 is 0. The van der Waals surface area contributed by atoms with Gasteiger partial charge in [-0.05, 0) is 81.6 Å². The van der Waals surface area contributed by atoms with E-state index in [-0.39, 0.29) is 0 Å². The van der Waals surface area contributed by atoms with Gasteiger partial charge in [0.1, 0.15) is 0 Å². The average molecular weight is 497 g/mol. The van der Waals surface area contributed by atoms with Crippen molar-refractivity contribution in [1.29, 1.82) is 0 Å². The molecule has 0 aliphatic carbocycles. The maximum absolute atomic E-state index is 6.02. The summed E-state index contributed by atoms with van der Waals surface area (Å²) in [5.41, 5.74) is 0. The van der Waals surface area contributed by atoms with Gasteiger partial charge in [-0.15, -0.1) is 0 Å². The summed E-state index contributed by atoms with van der Waals surface area (Å²) in [5.74, 6) is 0. The fourth-order valence-corrected chi connectivity index (χ4v) is 8.90. The molecule has 0 fully saturated rings. The molecule has 0 saturated carbocycles. The van der Waals surface area contributed by atoms with Gasteiger partial charge >= 0.3 is 17.6 Å². The fourth-order valence-electron chi connectivity index (χ4n) is 3.72. The van der Waals surface area contributed by atoms with Crippen LogP contribution in [0.15, 0.2) is 0 Å². The number of likely N-dealkylation sites (N-methyl/N-ethyl adjacent to an activating group) is 1. The van der Waals surface area contributed by atoms with Gasteiger partial charge in [-0.3, -0.25) is 0 Å². The first-order valence-corrected chi connectivity index (χ1v) is 16.4. The minimum absolute atomic E-state index is 0.621. The lowest BCUT2D eigenvalue weighted by atomic mass is 10.3. The Bertz CT molecular complexity index is 369. The van der Waals surface area contributed by atoms with Crippen LogP contribution in [0.3, 0.4) is 0 Å². The van der Waals surface area contributed by atoms with E-state index in [9.17, 15) is 0 Å². The zero-order valence-corrected chi connectivity index (χ0v) is 24.2. The molecule has 0 aromatic heterocycles. The summed E-state index contributed by atoms with van der Waals surface area (Å²) in [6, 6.07) is 1.69. The first kappa shape index (κ1) is 32.1. The van der Waals surface area contributed by atoms with Gasteiger partial charge in [0.05, 0.1) is 0 Å². The second-order valence-corrected chi connectivity index (χ2v) is 13.3. The SMILES string of the molecule is CCO[Si](CCCN(CCC[Si](OCC)(OCC)OCC)CCN(C)C)(OCC)OCC. The maximum Gasteiger partial charge on any atom is 0.500 e. The molecule has 0 aliphatic rings. The fraction of sp³-hybridized carbons (Fsp3) is 1.00. The van der Waals surface area contributed by atoms with Crippen molar-refractivity contribution < 1.29 is 26.6 Å². The summed E-state index contributed by atoms with van der Waals surface area (Å²) in [7, 11) is -0.946. The van der Waals surface area contributed by atoms with Crippen LogP contribution >= 0.6 is 0 Å². The highest BCUT2D eigenvalue weighted by atomic mass is 28.4. The Hall–Kier alpha value is 0.114. The standard InChI is InChI=1S/C22H52N2O6Si2/c1-9-25-31(26-10-2,27-11-3)21-15-17-24(20-19-23(7)8)18-16-22-32(28-12-4,29-13-5)30-14-6/h9-22H2,1-8H3. The zero-order chi connectivity index (χ0) is 24.3. The van der Waals surface area contributed by atoms with Gasteiger partial charge in [0.2, 0.25) is 0 Å². The van der Waals surface area contributed by atoms with Crippen LogP contribution in [0.5, 0.6) is 0 Å². The van der Waals surface area contributed by atoms with Crippen molar-refractivity contribution in [2.24, 2.45) is 0 Å². The molecule has 0 saturated heterocycles. The Labute approximate surface area is 200 Å². The van der Waals surface area contributed by atoms with Crippen LogP contribution in [0.4, 0.5) is 0 Å². The number of rotatable bonds is 23. The van der Waals surface area contributed by atoms with Crippen molar-refractivity contribution in [1.82, 2.24) is 9.80 Å². The van der Waals surface area contributed by atoms with Crippen molar-refractivity contribution in [3.63, 3.8) is 0 Å². The molecule has 194 valence electrons. The van der Waals surface area contributed by atoms with E-state index in [1.807, 2.05) is 41.5 Å². The second-order valence-electron chi connectivity index (χ2n) is 7.82. The Balaban J connectivity index is 4.97. The number of hydrogen-bond donors (Lipinski definition) is 0. The molecule has 0 N–H and O–H groups in total. The minimum atomic E-state index is -2.59. The van der Waals surface area contributed by atoms with Crippen LogP contribution in [0.25, 0.3) is 0 Å². The Kier molecular flexibility index (Phi) is 19.5. The molecule has 0 radical (unpaired) electrons. The van der Waals surface area contributed by atoms with Crippen molar-refractivity contribution in [3.8, 4) is 0 Å². The second kappa shape index (κ2) is 19.4. The van der Waals surface area contributed by atoms with E-state index in [4.69, 9.17) is 26.6 Å². The molecule has 0 rings (SSSR count). The molecule has 0 aliphatic heterocycles. The van der Waals surface area contributed by atoms with Crippen LogP contribution < -0.4 is 0 Å².